The molecular weight excluding hydrogens is 164 g/mol. The summed E-state index contributed by atoms with van der Waals surface area (Å²) in [5.74, 6) is 1.59. The van der Waals surface area contributed by atoms with E-state index in [2.05, 4.69) is 20.8 Å². The van der Waals surface area contributed by atoms with Crippen LogP contribution in [0.4, 0.5) is 0 Å². The van der Waals surface area contributed by atoms with Crippen molar-refractivity contribution in [1.82, 2.24) is 0 Å². The van der Waals surface area contributed by atoms with Gasteiger partial charge in [0, 0.05) is 24.3 Å². The fraction of sp³-hybridized carbons (Fsp3) is 0.727. The van der Waals surface area contributed by atoms with E-state index in [1.54, 1.807) is 0 Å². The van der Waals surface area contributed by atoms with Gasteiger partial charge in [-0.15, -0.1) is 0 Å². The van der Waals surface area contributed by atoms with E-state index in [0.717, 1.165) is 17.8 Å². The quantitative estimate of drug-likeness (QED) is 0.571. The molecule has 0 saturated carbocycles. The van der Waals surface area contributed by atoms with Crippen molar-refractivity contribution >= 4 is 5.78 Å². The Labute approximate surface area is 79.0 Å². The van der Waals surface area contributed by atoms with Gasteiger partial charge in [0.1, 0.15) is 5.76 Å². The number of rotatable bonds is 0. The molecule has 1 aliphatic carbocycles. The van der Waals surface area contributed by atoms with E-state index >= 15 is 0 Å². The van der Waals surface area contributed by atoms with Crippen molar-refractivity contribution in [1.29, 1.82) is 0 Å². The molecule has 1 atom stereocenters. The SMILES string of the molecule is CC1COC2=C1C(=O)CC(C)(C)C2. The molecule has 0 spiro atoms. The van der Waals surface area contributed by atoms with Crippen molar-refractivity contribution in [3.05, 3.63) is 11.3 Å². The minimum Gasteiger partial charge on any atom is -0.497 e. The second-order valence-corrected chi connectivity index (χ2v) is 4.99. The maximum Gasteiger partial charge on any atom is 0.163 e. The van der Waals surface area contributed by atoms with Gasteiger partial charge in [-0.05, 0) is 5.41 Å². The van der Waals surface area contributed by atoms with Crippen molar-refractivity contribution in [2.24, 2.45) is 11.3 Å². The van der Waals surface area contributed by atoms with Crippen molar-refractivity contribution in [2.45, 2.75) is 33.6 Å². The molecule has 1 heterocycles. The van der Waals surface area contributed by atoms with Gasteiger partial charge in [0.25, 0.3) is 0 Å². The molecular formula is C11H16O2. The Morgan fingerprint density at radius 2 is 2.08 bits per heavy atom. The van der Waals surface area contributed by atoms with Crippen LogP contribution in [0.25, 0.3) is 0 Å². The molecule has 13 heavy (non-hydrogen) atoms. The van der Waals surface area contributed by atoms with Crippen LogP contribution in [0, 0.1) is 11.3 Å². The van der Waals surface area contributed by atoms with Gasteiger partial charge in [-0.25, -0.2) is 0 Å². The lowest BCUT2D eigenvalue weighted by molar-refractivity contribution is -0.118. The number of Topliss-reactive ketones (excluding diaryl/α,β-unsaturated/α-hetero) is 1. The summed E-state index contributed by atoms with van der Waals surface area (Å²) in [7, 11) is 0. The first-order chi connectivity index (χ1) is 5.99. The summed E-state index contributed by atoms with van der Waals surface area (Å²) in [6.07, 6.45) is 1.61. The highest BCUT2D eigenvalue weighted by molar-refractivity contribution is 5.98. The van der Waals surface area contributed by atoms with E-state index in [4.69, 9.17) is 4.74 Å². The van der Waals surface area contributed by atoms with Crippen LogP contribution in [0.1, 0.15) is 33.6 Å². The van der Waals surface area contributed by atoms with Crippen molar-refractivity contribution in [3.63, 3.8) is 0 Å². The van der Waals surface area contributed by atoms with Gasteiger partial charge in [0.15, 0.2) is 5.78 Å². The third-order valence-electron chi connectivity index (χ3n) is 2.88. The number of carbonyl (C=O) groups excluding carboxylic acids is 1. The number of hydrogen-bond acceptors (Lipinski definition) is 2. The lowest BCUT2D eigenvalue weighted by Gasteiger charge is -2.28. The van der Waals surface area contributed by atoms with Gasteiger partial charge in [0.2, 0.25) is 0 Å². The minimum absolute atomic E-state index is 0.0972. The maximum absolute atomic E-state index is 11.8. The van der Waals surface area contributed by atoms with Crippen LogP contribution in [0.3, 0.4) is 0 Å². The summed E-state index contributed by atoms with van der Waals surface area (Å²) in [5.41, 5.74) is 1.07. The Hall–Kier alpha value is -0.790. The van der Waals surface area contributed by atoms with Crippen LogP contribution in [0.2, 0.25) is 0 Å². The molecule has 1 aliphatic heterocycles. The van der Waals surface area contributed by atoms with E-state index in [-0.39, 0.29) is 5.41 Å². The minimum atomic E-state index is 0.0972. The summed E-state index contributed by atoms with van der Waals surface area (Å²) in [4.78, 5) is 11.8. The Morgan fingerprint density at radius 1 is 1.38 bits per heavy atom. The van der Waals surface area contributed by atoms with Crippen molar-refractivity contribution in [2.75, 3.05) is 6.61 Å². The standard InChI is InChI=1S/C11H16O2/c1-7-6-13-9-5-11(2,3)4-8(12)10(7)9/h7H,4-6H2,1-3H3. The number of ether oxygens (including phenoxy) is 1. The lowest BCUT2D eigenvalue weighted by Crippen LogP contribution is -2.25. The van der Waals surface area contributed by atoms with Crippen molar-refractivity contribution in [3.8, 4) is 0 Å². The highest BCUT2D eigenvalue weighted by Gasteiger charge is 2.39. The molecule has 0 bridgehead atoms. The number of carbonyl (C=O) groups is 1. The highest BCUT2D eigenvalue weighted by atomic mass is 16.5. The number of hydrogen-bond donors (Lipinski definition) is 0. The van der Waals surface area contributed by atoms with Crippen LogP contribution >= 0.6 is 0 Å². The molecule has 0 fully saturated rings. The third kappa shape index (κ3) is 1.38. The van der Waals surface area contributed by atoms with Crippen LogP contribution in [-0.2, 0) is 9.53 Å². The zero-order chi connectivity index (χ0) is 9.64. The first-order valence-corrected chi connectivity index (χ1v) is 4.89. The Bertz CT molecular complexity index is 286. The summed E-state index contributed by atoms with van der Waals surface area (Å²) >= 11 is 0. The van der Waals surface area contributed by atoms with Crippen LogP contribution in [0.5, 0.6) is 0 Å². The molecule has 2 aliphatic rings. The maximum atomic E-state index is 11.8. The van der Waals surface area contributed by atoms with Gasteiger partial charge in [-0.1, -0.05) is 20.8 Å². The molecule has 0 N–H and O–H groups in total. The molecule has 0 saturated heterocycles. The molecule has 0 aromatic rings. The predicted octanol–water partition coefficient (Wildman–Crippen LogP) is 2.30. The fourth-order valence-corrected chi connectivity index (χ4v) is 2.27. The van der Waals surface area contributed by atoms with E-state index < -0.39 is 0 Å². The molecule has 72 valence electrons. The lowest BCUT2D eigenvalue weighted by atomic mass is 9.75. The van der Waals surface area contributed by atoms with Crippen LogP contribution in [0.15, 0.2) is 11.3 Å². The predicted molar refractivity (Wildman–Crippen MR) is 50.2 cm³/mol. The molecule has 2 heteroatoms. The molecule has 1 unspecified atom stereocenters. The number of ketones is 1. The van der Waals surface area contributed by atoms with Gasteiger partial charge in [0.05, 0.1) is 6.61 Å². The largest absolute Gasteiger partial charge is 0.497 e. The molecule has 0 aromatic heterocycles. The van der Waals surface area contributed by atoms with Crippen LogP contribution in [-0.4, -0.2) is 12.4 Å². The van der Waals surface area contributed by atoms with Gasteiger partial charge < -0.3 is 4.74 Å². The smallest absolute Gasteiger partial charge is 0.163 e. The van der Waals surface area contributed by atoms with Gasteiger partial charge in [-0.3, -0.25) is 4.79 Å². The van der Waals surface area contributed by atoms with Crippen LogP contribution < -0.4 is 0 Å². The zero-order valence-electron chi connectivity index (χ0n) is 8.52. The first-order valence-electron chi connectivity index (χ1n) is 4.89. The summed E-state index contributed by atoms with van der Waals surface area (Å²) in [6, 6.07) is 0. The molecule has 0 radical (unpaired) electrons. The third-order valence-corrected chi connectivity index (χ3v) is 2.88. The number of allylic oxidation sites excluding steroid dienone is 1. The van der Waals surface area contributed by atoms with E-state index in [1.807, 2.05) is 0 Å². The van der Waals surface area contributed by atoms with Gasteiger partial charge >= 0.3 is 0 Å². The van der Waals surface area contributed by atoms with Gasteiger partial charge in [-0.2, -0.15) is 0 Å². The summed E-state index contributed by atoms with van der Waals surface area (Å²) in [5, 5.41) is 0. The Balaban J connectivity index is 2.35. The van der Waals surface area contributed by atoms with E-state index in [1.165, 1.54) is 0 Å². The monoisotopic (exact) mass is 180 g/mol. The van der Waals surface area contributed by atoms with E-state index in [9.17, 15) is 4.79 Å². The topological polar surface area (TPSA) is 26.3 Å². The second kappa shape index (κ2) is 2.60. The normalized spacial score (nSPS) is 31.6. The second-order valence-electron chi connectivity index (χ2n) is 4.99. The average Bonchev–Trinajstić information content (AvgIpc) is 2.28. The van der Waals surface area contributed by atoms with E-state index in [0.29, 0.717) is 24.7 Å². The fourth-order valence-electron chi connectivity index (χ4n) is 2.27. The average molecular weight is 180 g/mol. The summed E-state index contributed by atoms with van der Waals surface area (Å²) < 4.78 is 5.53. The molecule has 0 aromatic carbocycles. The Morgan fingerprint density at radius 3 is 2.77 bits per heavy atom. The molecule has 2 nitrogen and oxygen atoms in total. The van der Waals surface area contributed by atoms with Crippen molar-refractivity contribution < 1.29 is 9.53 Å². The zero-order valence-corrected chi connectivity index (χ0v) is 8.52. The molecule has 2 rings (SSSR count). The highest BCUT2D eigenvalue weighted by Crippen LogP contribution is 2.42. The Kier molecular flexibility index (Phi) is 1.76. The first kappa shape index (κ1) is 8.79. The molecule has 0 amide bonds. The summed E-state index contributed by atoms with van der Waals surface area (Å²) in [6.45, 7) is 7.02.